The number of esters is 1. The van der Waals surface area contributed by atoms with Crippen LogP contribution in [-0.2, 0) is 4.74 Å². The average Bonchev–Trinajstić information content (AvgIpc) is 3.30. The summed E-state index contributed by atoms with van der Waals surface area (Å²) in [7, 11) is 2.98. The summed E-state index contributed by atoms with van der Waals surface area (Å²) >= 11 is 8.36. The van der Waals surface area contributed by atoms with Gasteiger partial charge in [0.25, 0.3) is 0 Å². The molecule has 5 nitrogen and oxygen atoms in total. The van der Waals surface area contributed by atoms with Crippen LogP contribution in [0.5, 0.6) is 5.75 Å². The van der Waals surface area contributed by atoms with Gasteiger partial charge in [-0.3, -0.25) is 0 Å². The summed E-state index contributed by atoms with van der Waals surface area (Å²) in [5.74, 6) is 0.325. The number of carbonyl (C=O) groups is 1. The smallest absolute Gasteiger partial charge is 0.341 e. The van der Waals surface area contributed by atoms with E-state index in [2.05, 4.69) is 10.6 Å². The van der Waals surface area contributed by atoms with Crippen molar-refractivity contribution >= 4 is 56.7 Å². The molecule has 0 radical (unpaired) electrons. The molecular formula is C18H16N2O3S3. The van der Waals surface area contributed by atoms with Gasteiger partial charge in [0.1, 0.15) is 16.3 Å². The fraction of sp³-hybridized carbons (Fsp3) is 0.111. The van der Waals surface area contributed by atoms with Crippen molar-refractivity contribution in [3.8, 4) is 16.2 Å². The molecule has 0 aliphatic rings. The minimum absolute atomic E-state index is 0.378. The molecule has 8 heteroatoms. The number of thiocarbonyl (C=S) groups is 1. The number of hydrogen-bond acceptors (Lipinski definition) is 6. The molecule has 0 bridgehead atoms. The van der Waals surface area contributed by atoms with Crippen molar-refractivity contribution in [3.63, 3.8) is 0 Å². The molecule has 0 aliphatic heterocycles. The maximum atomic E-state index is 12.3. The molecule has 3 aromatic rings. The Hall–Kier alpha value is -2.42. The Morgan fingerprint density at radius 1 is 1.12 bits per heavy atom. The summed E-state index contributed by atoms with van der Waals surface area (Å²) in [5.41, 5.74) is 2.11. The van der Waals surface area contributed by atoms with Crippen LogP contribution in [0, 0.1) is 0 Å². The lowest BCUT2D eigenvalue weighted by molar-refractivity contribution is 0.0603. The number of nitrogens with one attached hydrogen (secondary N) is 2. The summed E-state index contributed by atoms with van der Waals surface area (Å²) in [6.07, 6.45) is 0. The molecule has 0 atom stereocenters. The number of anilines is 2. The van der Waals surface area contributed by atoms with E-state index < -0.39 is 5.97 Å². The SMILES string of the molecule is COC(=O)c1c(-c2cccs2)csc1NC(=S)Nc1cccc(OC)c1. The molecule has 0 saturated carbocycles. The standard InChI is InChI=1S/C18H16N2O3S3/c1-22-12-6-3-5-11(9-12)19-18(24)20-16-15(17(21)23-2)13(10-26-16)14-7-4-8-25-14/h3-10H,1-2H3,(H2,19,20,24). The number of thiophene rings is 2. The predicted octanol–water partition coefficient (Wildman–Crippen LogP) is 5.08. The van der Waals surface area contributed by atoms with Crippen LogP contribution in [-0.4, -0.2) is 25.3 Å². The number of benzene rings is 1. The van der Waals surface area contributed by atoms with Crippen LogP contribution in [0.2, 0.25) is 0 Å². The van der Waals surface area contributed by atoms with Crippen molar-refractivity contribution in [1.82, 2.24) is 0 Å². The monoisotopic (exact) mass is 404 g/mol. The van der Waals surface area contributed by atoms with Gasteiger partial charge in [-0.15, -0.1) is 22.7 Å². The van der Waals surface area contributed by atoms with Gasteiger partial charge >= 0.3 is 5.97 Å². The van der Waals surface area contributed by atoms with Crippen LogP contribution in [0.1, 0.15) is 10.4 Å². The lowest BCUT2D eigenvalue weighted by atomic mass is 10.1. The van der Waals surface area contributed by atoms with Crippen LogP contribution in [0.3, 0.4) is 0 Å². The minimum atomic E-state index is -0.402. The zero-order chi connectivity index (χ0) is 18.5. The first kappa shape index (κ1) is 18.4. The first-order valence-electron chi connectivity index (χ1n) is 7.58. The van der Waals surface area contributed by atoms with Gasteiger partial charge in [-0.1, -0.05) is 12.1 Å². The van der Waals surface area contributed by atoms with Gasteiger partial charge in [-0.25, -0.2) is 4.79 Å². The van der Waals surface area contributed by atoms with Crippen molar-refractivity contribution in [2.75, 3.05) is 24.9 Å². The molecule has 0 spiro atoms. The molecule has 2 heterocycles. The largest absolute Gasteiger partial charge is 0.497 e. The third kappa shape index (κ3) is 4.04. The molecule has 0 aliphatic carbocycles. The molecule has 0 saturated heterocycles. The maximum Gasteiger partial charge on any atom is 0.341 e. The van der Waals surface area contributed by atoms with E-state index in [1.165, 1.54) is 18.4 Å². The van der Waals surface area contributed by atoms with Crippen molar-refractivity contribution in [3.05, 3.63) is 52.7 Å². The van der Waals surface area contributed by atoms with Crippen LogP contribution in [0.4, 0.5) is 10.7 Å². The Morgan fingerprint density at radius 2 is 1.96 bits per heavy atom. The normalized spacial score (nSPS) is 10.2. The molecule has 0 unspecified atom stereocenters. The first-order valence-corrected chi connectivity index (χ1v) is 9.75. The molecule has 3 rings (SSSR count). The average molecular weight is 405 g/mol. The number of rotatable bonds is 5. The number of methoxy groups -OCH3 is 2. The molecule has 2 aromatic heterocycles. The van der Waals surface area contributed by atoms with Crippen LogP contribution < -0.4 is 15.4 Å². The van der Waals surface area contributed by atoms with Crippen molar-refractivity contribution < 1.29 is 14.3 Å². The van der Waals surface area contributed by atoms with E-state index in [0.717, 1.165) is 21.9 Å². The van der Waals surface area contributed by atoms with E-state index in [1.54, 1.807) is 18.4 Å². The van der Waals surface area contributed by atoms with Gasteiger partial charge in [-0.2, -0.15) is 0 Å². The quantitative estimate of drug-likeness (QED) is 0.457. The molecular weight excluding hydrogens is 388 g/mol. The fourth-order valence-corrected chi connectivity index (χ4v) is 4.39. The van der Waals surface area contributed by atoms with E-state index in [-0.39, 0.29) is 0 Å². The Labute approximate surface area is 164 Å². The maximum absolute atomic E-state index is 12.3. The van der Waals surface area contributed by atoms with Crippen molar-refractivity contribution in [2.45, 2.75) is 0 Å². The van der Waals surface area contributed by atoms with E-state index in [1.807, 2.05) is 47.2 Å². The Balaban J connectivity index is 1.82. The number of hydrogen-bond donors (Lipinski definition) is 2. The third-order valence-corrected chi connectivity index (χ3v) is 5.52. The van der Waals surface area contributed by atoms with Crippen LogP contribution in [0.15, 0.2) is 47.2 Å². The molecule has 26 heavy (non-hydrogen) atoms. The topological polar surface area (TPSA) is 59.6 Å². The zero-order valence-electron chi connectivity index (χ0n) is 14.1. The lowest BCUT2D eigenvalue weighted by Gasteiger charge is -2.11. The summed E-state index contributed by atoms with van der Waals surface area (Å²) in [5, 5.41) is 11.1. The van der Waals surface area contributed by atoms with Gasteiger partial charge in [0.05, 0.1) is 14.2 Å². The number of ether oxygens (including phenoxy) is 2. The Kier molecular flexibility index (Phi) is 5.87. The number of carbonyl (C=O) groups excluding carboxylic acids is 1. The highest BCUT2D eigenvalue weighted by atomic mass is 32.1. The summed E-state index contributed by atoms with van der Waals surface area (Å²) < 4.78 is 10.2. The van der Waals surface area contributed by atoms with Gasteiger partial charge in [-0.05, 0) is 35.8 Å². The van der Waals surface area contributed by atoms with Gasteiger partial charge in [0.2, 0.25) is 0 Å². The molecule has 1 aromatic carbocycles. The highest BCUT2D eigenvalue weighted by Crippen LogP contribution is 2.38. The van der Waals surface area contributed by atoms with Crippen LogP contribution >= 0.6 is 34.9 Å². The lowest BCUT2D eigenvalue weighted by Crippen LogP contribution is -2.20. The summed E-state index contributed by atoms with van der Waals surface area (Å²) in [6, 6.07) is 11.3. The van der Waals surface area contributed by atoms with Gasteiger partial charge < -0.3 is 20.1 Å². The van der Waals surface area contributed by atoms with Gasteiger partial charge in [0, 0.05) is 27.6 Å². The predicted molar refractivity (Wildman–Crippen MR) is 112 cm³/mol. The zero-order valence-corrected chi connectivity index (χ0v) is 16.5. The van der Waals surface area contributed by atoms with E-state index >= 15 is 0 Å². The fourth-order valence-electron chi connectivity index (χ4n) is 2.33. The highest BCUT2D eigenvalue weighted by molar-refractivity contribution is 7.80. The van der Waals surface area contributed by atoms with Crippen LogP contribution in [0.25, 0.3) is 10.4 Å². The van der Waals surface area contributed by atoms with E-state index in [9.17, 15) is 4.79 Å². The Morgan fingerprint density at radius 3 is 2.65 bits per heavy atom. The van der Waals surface area contributed by atoms with Crippen molar-refractivity contribution in [2.24, 2.45) is 0 Å². The molecule has 134 valence electrons. The van der Waals surface area contributed by atoms with E-state index in [4.69, 9.17) is 21.7 Å². The molecule has 0 amide bonds. The molecule has 2 N–H and O–H groups in total. The van der Waals surface area contributed by atoms with E-state index in [0.29, 0.717) is 15.7 Å². The second kappa shape index (κ2) is 8.31. The second-order valence-corrected chi connectivity index (χ2v) is 7.37. The summed E-state index contributed by atoms with van der Waals surface area (Å²) in [6.45, 7) is 0. The summed E-state index contributed by atoms with van der Waals surface area (Å²) in [4.78, 5) is 13.3. The third-order valence-electron chi connectivity index (χ3n) is 3.52. The highest BCUT2D eigenvalue weighted by Gasteiger charge is 2.22. The minimum Gasteiger partial charge on any atom is -0.497 e. The van der Waals surface area contributed by atoms with Gasteiger partial charge in [0.15, 0.2) is 5.11 Å². The molecule has 0 fully saturated rings. The van der Waals surface area contributed by atoms with Crippen molar-refractivity contribution in [1.29, 1.82) is 0 Å². The Bertz CT molecular complexity index is 920. The first-order chi connectivity index (χ1) is 12.6. The second-order valence-electron chi connectivity index (χ2n) is 5.13.